The minimum absolute atomic E-state index is 0.120. The van der Waals surface area contributed by atoms with Gasteiger partial charge in [-0.25, -0.2) is 9.97 Å². The molecule has 1 aliphatic rings. The van der Waals surface area contributed by atoms with Crippen molar-refractivity contribution in [3.05, 3.63) is 35.7 Å². The van der Waals surface area contributed by atoms with E-state index in [-0.39, 0.29) is 5.75 Å². The second-order valence-corrected chi connectivity index (χ2v) is 6.23. The van der Waals surface area contributed by atoms with Crippen LogP contribution >= 0.6 is 0 Å². The molecule has 0 unspecified atom stereocenters. The van der Waals surface area contributed by atoms with Crippen molar-refractivity contribution in [2.24, 2.45) is 5.10 Å². The van der Waals surface area contributed by atoms with Crippen LogP contribution < -0.4 is 15.1 Å². The maximum Gasteiger partial charge on any atom is 0.152 e. The molecule has 138 valence electrons. The fraction of sp³-hybridized carbons (Fsp3) is 0.421. The van der Waals surface area contributed by atoms with Crippen molar-refractivity contribution in [1.29, 1.82) is 0 Å². The van der Waals surface area contributed by atoms with Crippen LogP contribution in [0.25, 0.3) is 0 Å². The van der Waals surface area contributed by atoms with Crippen LogP contribution in [0.15, 0.2) is 29.4 Å². The van der Waals surface area contributed by atoms with Crippen molar-refractivity contribution >= 4 is 17.9 Å². The molecule has 0 aliphatic carbocycles. The lowest BCUT2D eigenvalue weighted by atomic mass is 10.1. The topological polar surface area (TPSA) is 82.9 Å². The first-order valence-corrected chi connectivity index (χ1v) is 9.01. The molecule has 0 spiro atoms. The summed E-state index contributed by atoms with van der Waals surface area (Å²) in [5.41, 5.74) is 3.53. The minimum atomic E-state index is 0.120. The van der Waals surface area contributed by atoms with Gasteiger partial charge >= 0.3 is 0 Å². The molecule has 1 fully saturated rings. The Balaban J connectivity index is 1.69. The molecule has 2 aromatic rings. The number of aryl methyl sites for hydroxylation is 1. The van der Waals surface area contributed by atoms with Gasteiger partial charge in [-0.1, -0.05) is 0 Å². The molecule has 1 aromatic carbocycles. The number of nitrogens with zero attached hydrogens (tertiary/aromatic N) is 4. The van der Waals surface area contributed by atoms with E-state index in [0.29, 0.717) is 29.6 Å². The van der Waals surface area contributed by atoms with Crippen LogP contribution in [0.4, 0.5) is 11.6 Å². The summed E-state index contributed by atoms with van der Waals surface area (Å²) < 4.78 is 5.36. The molecule has 7 heteroatoms. The number of hydrogen-bond donors (Lipinski definition) is 2. The summed E-state index contributed by atoms with van der Waals surface area (Å²) in [6, 6.07) is 7.05. The number of phenols is 1. The summed E-state index contributed by atoms with van der Waals surface area (Å²) >= 11 is 0. The highest BCUT2D eigenvalue weighted by molar-refractivity contribution is 5.84. The lowest BCUT2D eigenvalue weighted by molar-refractivity contribution is 0.337. The van der Waals surface area contributed by atoms with E-state index < -0.39 is 0 Å². The molecule has 0 saturated carbocycles. The molecule has 0 amide bonds. The number of phenolic OH excluding ortho intramolecular Hbond substituents is 1. The van der Waals surface area contributed by atoms with E-state index in [4.69, 9.17) is 4.74 Å². The number of rotatable bonds is 6. The van der Waals surface area contributed by atoms with Gasteiger partial charge in [-0.3, -0.25) is 5.43 Å². The molecule has 1 aliphatic heterocycles. The summed E-state index contributed by atoms with van der Waals surface area (Å²) in [6.07, 6.45) is 5.23. The quantitative estimate of drug-likeness (QED) is 0.611. The standard InChI is InChI=1S/C19H25N5O2/c1-3-26-16-8-7-15(17(25)11-16)13-20-23-18-12-19(22-14(2)21-18)24-9-5-4-6-10-24/h7-8,11-13,25H,3-6,9-10H2,1-2H3,(H,21,22,23)/b20-13+. The molecule has 1 saturated heterocycles. The Hall–Kier alpha value is -2.83. The maximum atomic E-state index is 10.0. The molecule has 26 heavy (non-hydrogen) atoms. The van der Waals surface area contributed by atoms with Crippen molar-refractivity contribution in [1.82, 2.24) is 9.97 Å². The average molecular weight is 355 g/mol. The number of aromatic nitrogens is 2. The van der Waals surface area contributed by atoms with Crippen molar-refractivity contribution < 1.29 is 9.84 Å². The third kappa shape index (κ3) is 4.62. The Labute approximate surface area is 153 Å². The number of anilines is 2. The van der Waals surface area contributed by atoms with Crippen LogP contribution in [-0.4, -0.2) is 41.0 Å². The highest BCUT2D eigenvalue weighted by Gasteiger charge is 2.13. The molecule has 0 atom stereocenters. The molecule has 0 bridgehead atoms. The average Bonchev–Trinajstić information content (AvgIpc) is 2.64. The van der Waals surface area contributed by atoms with E-state index in [1.165, 1.54) is 19.3 Å². The number of piperidine rings is 1. The third-order valence-electron chi connectivity index (χ3n) is 4.20. The second kappa shape index (κ2) is 8.51. The number of hydrogen-bond acceptors (Lipinski definition) is 7. The van der Waals surface area contributed by atoms with E-state index in [0.717, 1.165) is 18.9 Å². The molecular weight excluding hydrogens is 330 g/mol. The molecular formula is C19H25N5O2. The second-order valence-electron chi connectivity index (χ2n) is 6.23. The Kier molecular flexibility index (Phi) is 5.88. The van der Waals surface area contributed by atoms with Gasteiger partial charge in [0.1, 0.15) is 23.1 Å². The first-order chi connectivity index (χ1) is 12.7. The Morgan fingerprint density at radius 2 is 2.04 bits per heavy atom. The van der Waals surface area contributed by atoms with Crippen LogP contribution in [0.2, 0.25) is 0 Å². The largest absolute Gasteiger partial charge is 0.507 e. The first-order valence-electron chi connectivity index (χ1n) is 9.01. The summed E-state index contributed by atoms with van der Waals surface area (Å²) in [6.45, 7) is 6.39. The van der Waals surface area contributed by atoms with Gasteiger partial charge in [0.2, 0.25) is 0 Å². The number of ether oxygens (including phenoxy) is 1. The summed E-state index contributed by atoms with van der Waals surface area (Å²) in [4.78, 5) is 11.2. The highest BCUT2D eigenvalue weighted by atomic mass is 16.5. The zero-order valence-electron chi connectivity index (χ0n) is 15.3. The fourth-order valence-corrected chi connectivity index (χ4v) is 2.95. The minimum Gasteiger partial charge on any atom is -0.507 e. The van der Waals surface area contributed by atoms with E-state index in [1.807, 2.05) is 19.9 Å². The van der Waals surface area contributed by atoms with Crippen LogP contribution in [0, 0.1) is 6.92 Å². The lowest BCUT2D eigenvalue weighted by Gasteiger charge is -2.27. The predicted octanol–water partition coefficient (Wildman–Crippen LogP) is 3.33. The zero-order valence-corrected chi connectivity index (χ0v) is 15.3. The van der Waals surface area contributed by atoms with Gasteiger partial charge in [-0.2, -0.15) is 5.10 Å². The van der Waals surface area contributed by atoms with Gasteiger partial charge in [0, 0.05) is 30.8 Å². The highest BCUT2D eigenvalue weighted by Crippen LogP contribution is 2.23. The Morgan fingerprint density at radius 1 is 1.23 bits per heavy atom. The summed E-state index contributed by atoms with van der Waals surface area (Å²) in [7, 11) is 0. The number of nitrogens with one attached hydrogen (secondary N) is 1. The van der Waals surface area contributed by atoms with E-state index in [9.17, 15) is 5.11 Å². The van der Waals surface area contributed by atoms with E-state index >= 15 is 0 Å². The van der Waals surface area contributed by atoms with Gasteiger partial charge in [-0.05, 0) is 45.2 Å². The summed E-state index contributed by atoms with van der Waals surface area (Å²) in [5, 5.41) is 14.2. The number of aromatic hydroxyl groups is 1. The van der Waals surface area contributed by atoms with Gasteiger partial charge in [0.25, 0.3) is 0 Å². The van der Waals surface area contributed by atoms with Crippen molar-refractivity contribution in [3.63, 3.8) is 0 Å². The predicted molar refractivity (Wildman–Crippen MR) is 103 cm³/mol. The Morgan fingerprint density at radius 3 is 2.77 bits per heavy atom. The third-order valence-corrected chi connectivity index (χ3v) is 4.20. The van der Waals surface area contributed by atoms with Crippen LogP contribution in [-0.2, 0) is 0 Å². The normalized spacial score (nSPS) is 14.6. The number of benzene rings is 1. The molecule has 2 N–H and O–H groups in total. The van der Waals surface area contributed by atoms with Crippen LogP contribution in [0.1, 0.15) is 37.6 Å². The SMILES string of the molecule is CCOc1ccc(/C=N/Nc2cc(N3CCCCC3)nc(C)n2)c(O)c1. The summed E-state index contributed by atoms with van der Waals surface area (Å²) in [5.74, 6) is 3.02. The van der Waals surface area contributed by atoms with Gasteiger partial charge in [0.15, 0.2) is 5.82 Å². The van der Waals surface area contributed by atoms with Crippen LogP contribution in [0.5, 0.6) is 11.5 Å². The zero-order chi connectivity index (χ0) is 18.4. The number of hydrazone groups is 1. The first kappa shape index (κ1) is 18.0. The molecule has 3 rings (SSSR count). The Bertz CT molecular complexity index is 773. The van der Waals surface area contributed by atoms with Gasteiger partial charge in [-0.15, -0.1) is 0 Å². The monoisotopic (exact) mass is 355 g/mol. The van der Waals surface area contributed by atoms with Gasteiger partial charge < -0.3 is 14.7 Å². The molecule has 7 nitrogen and oxygen atoms in total. The molecule has 2 heterocycles. The van der Waals surface area contributed by atoms with Crippen molar-refractivity contribution in [2.75, 3.05) is 30.0 Å². The maximum absolute atomic E-state index is 10.0. The molecule has 0 radical (unpaired) electrons. The fourth-order valence-electron chi connectivity index (χ4n) is 2.95. The smallest absolute Gasteiger partial charge is 0.152 e. The van der Waals surface area contributed by atoms with Crippen molar-refractivity contribution in [3.8, 4) is 11.5 Å². The van der Waals surface area contributed by atoms with Crippen LogP contribution in [0.3, 0.4) is 0 Å². The molecule has 1 aromatic heterocycles. The van der Waals surface area contributed by atoms with E-state index in [1.54, 1.807) is 24.4 Å². The van der Waals surface area contributed by atoms with Crippen molar-refractivity contribution in [2.45, 2.75) is 33.1 Å². The van der Waals surface area contributed by atoms with E-state index in [2.05, 4.69) is 25.4 Å². The van der Waals surface area contributed by atoms with Gasteiger partial charge in [0.05, 0.1) is 12.8 Å². The lowest BCUT2D eigenvalue weighted by Crippen LogP contribution is -2.30.